The van der Waals surface area contributed by atoms with Gasteiger partial charge in [0.2, 0.25) is 0 Å². The zero-order valence-electron chi connectivity index (χ0n) is 31.5. The summed E-state index contributed by atoms with van der Waals surface area (Å²) in [6, 6.07) is 63.8. The largest absolute Gasteiger partial charge is 0.313 e. The van der Waals surface area contributed by atoms with Crippen molar-refractivity contribution in [3.05, 3.63) is 188 Å². The SMILES string of the molecule is C1=C(n2c3ccccc3c3ccccc32)C=C(n2c3ccccc3c3cc4c(cc32)c2ccccc2n4-c2cccc(-n3c4ccccc4c4ccccc43)n2)CC1. The lowest BCUT2D eigenvalue weighted by atomic mass is 10.1. The third-order valence-electron chi connectivity index (χ3n) is 12.4. The Balaban J connectivity index is 1.04. The van der Waals surface area contributed by atoms with Crippen molar-refractivity contribution in [1.82, 2.24) is 23.3 Å². The van der Waals surface area contributed by atoms with Crippen LogP contribution in [0.3, 0.4) is 0 Å². The van der Waals surface area contributed by atoms with Gasteiger partial charge in [-0.25, -0.2) is 4.98 Å². The van der Waals surface area contributed by atoms with Crippen molar-refractivity contribution in [3.8, 4) is 11.6 Å². The minimum Gasteiger partial charge on any atom is -0.313 e. The van der Waals surface area contributed by atoms with Crippen LogP contribution in [0, 0.1) is 0 Å². The molecule has 0 radical (unpaired) electrons. The van der Waals surface area contributed by atoms with Crippen LogP contribution in [0.2, 0.25) is 0 Å². The van der Waals surface area contributed by atoms with Crippen LogP contribution in [0.4, 0.5) is 0 Å². The summed E-state index contributed by atoms with van der Waals surface area (Å²) in [6.45, 7) is 0. The van der Waals surface area contributed by atoms with E-state index in [1.807, 2.05) is 0 Å². The van der Waals surface area contributed by atoms with Crippen molar-refractivity contribution in [2.45, 2.75) is 12.8 Å². The van der Waals surface area contributed by atoms with Crippen LogP contribution in [0.1, 0.15) is 12.8 Å². The molecule has 0 aliphatic heterocycles. The van der Waals surface area contributed by atoms with Crippen molar-refractivity contribution < 1.29 is 0 Å². The highest BCUT2D eigenvalue weighted by Crippen LogP contribution is 2.42. The van der Waals surface area contributed by atoms with E-state index in [-0.39, 0.29) is 0 Å². The molecule has 0 fully saturated rings. The van der Waals surface area contributed by atoms with E-state index in [1.54, 1.807) is 0 Å². The molecule has 0 saturated heterocycles. The average Bonchev–Trinajstić information content (AvgIpc) is 4.01. The van der Waals surface area contributed by atoms with Crippen LogP contribution >= 0.6 is 0 Å². The highest BCUT2D eigenvalue weighted by atomic mass is 15.1. The number of rotatable bonds is 4. The second-order valence-corrected chi connectivity index (χ2v) is 15.5. The lowest BCUT2D eigenvalue weighted by Gasteiger charge is -2.19. The molecule has 0 atom stereocenters. The van der Waals surface area contributed by atoms with Crippen LogP contribution in [-0.4, -0.2) is 23.3 Å². The van der Waals surface area contributed by atoms with Crippen LogP contribution in [0.25, 0.3) is 110 Å². The van der Waals surface area contributed by atoms with Gasteiger partial charge in [-0.2, -0.15) is 0 Å². The molecule has 13 rings (SSSR count). The van der Waals surface area contributed by atoms with Crippen LogP contribution in [0.15, 0.2) is 188 Å². The van der Waals surface area contributed by atoms with E-state index in [0.717, 1.165) is 46.5 Å². The molecule has 0 unspecified atom stereocenters. The smallest absolute Gasteiger partial charge is 0.140 e. The zero-order valence-corrected chi connectivity index (χ0v) is 31.5. The maximum atomic E-state index is 5.46. The highest BCUT2D eigenvalue weighted by molar-refractivity contribution is 6.20. The van der Waals surface area contributed by atoms with E-state index in [9.17, 15) is 0 Å². The molecule has 5 heteroatoms. The Morgan fingerprint density at radius 3 is 1.16 bits per heavy atom. The number of para-hydroxylation sites is 6. The summed E-state index contributed by atoms with van der Waals surface area (Å²) < 4.78 is 9.63. The van der Waals surface area contributed by atoms with Gasteiger partial charge < -0.3 is 9.13 Å². The molecular formula is C53H35N5. The topological polar surface area (TPSA) is 32.6 Å². The maximum absolute atomic E-state index is 5.46. The molecule has 1 aliphatic carbocycles. The fraction of sp³-hybridized carbons (Fsp3) is 0.0377. The van der Waals surface area contributed by atoms with Gasteiger partial charge in [0.05, 0.1) is 44.1 Å². The minimum atomic E-state index is 0.893. The van der Waals surface area contributed by atoms with Crippen molar-refractivity contribution >= 4 is 98.6 Å². The predicted molar refractivity (Wildman–Crippen MR) is 243 cm³/mol. The van der Waals surface area contributed by atoms with Gasteiger partial charge in [0.15, 0.2) is 0 Å². The highest BCUT2D eigenvalue weighted by Gasteiger charge is 2.22. The summed E-state index contributed by atoms with van der Waals surface area (Å²) in [5.41, 5.74) is 12.0. The predicted octanol–water partition coefficient (Wildman–Crippen LogP) is 13.7. The first kappa shape index (κ1) is 31.6. The van der Waals surface area contributed by atoms with Crippen molar-refractivity contribution in [2.75, 3.05) is 0 Å². The third-order valence-corrected chi connectivity index (χ3v) is 12.4. The Morgan fingerprint density at radius 2 is 0.690 bits per heavy atom. The van der Waals surface area contributed by atoms with Gasteiger partial charge in [-0.3, -0.25) is 9.13 Å². The fourth-order valence-corrected chi connectivity index (χ4v) is 10.0. The first-order valence-electron chi connectivity index (χ1n) is 20.1. The number of pyridine rings is 1. The van der Waals surface area contributed by atoms with Crippen LogP contribution < -0.4 is 0 Å². The third kappa shape index (κ3) is 4.33. The van der Waals surface area contributed by atoms with Gasteiger partial charge >= 0.3 is 0 Å². The normalized spacial score (nSPS) is 13.6. The quantitative estimate of drug-likeness (QED) is 0.177. The van der Waals surface area contributed by atoms with Gasteiger partial charge in [0.1, 0.15) is 11.6 Å². The molecule has 0 saturated carbocycles. The lowest BCUT2D eigenvalue weighted by molar-refractivity contribution is 0.969. The van der Waals surface area contributed by atoms with E-state index in [2.05, 4.69) is 206 Å². The summed E-state index contributed by atoms with van der Waals surface area (Å²) in [5.74, 6) is 1.79. The molecule has 0 N–H and O–H groups in total. The molecule has 58 heavy (non-hydrogen) atoms. The Labute approximate surface area is 333 Å². The lowest BCUT2D eigenvalue weighted by Crippen LogP contribution is -2.04. The number of aromatic nitrogens is 5. The monoisotopic (exact) mass is 741 g/mol. The van der Waals surface area contributed by atoms with Crippen LogP contribution in [-0.2, 0) is 0 Å². The fourth-order valence-electron chi connectivity index (χ4n) is 10.0. The van der Waals surface area contributed by atoms with E-state index < -0.39 is 0 Å². The average molecular weight is 742 g/mol. The molecule has 12 aromatic rings. The van der Waals surface area contributed by atoms with Gasteiger partial charge in [0.25, 0.3) is 0 Å². The number of hydrogen-bond donors (Lipinski definition) is 0. The standard InChI is InChI=1S/C53H35N5/c1-7-23-44-36(17-1)37-18-2-8-24-45(37)55(44)34-15-13-16-35(31-34)56-46-25-9-5-21-40(46)42-33-51-43(32-50(42)56)41-22-6-12-28-49(41)58(51)53-30-14-29-52(54-53)57-47-26-10-3-19-38(47)39-20-4-11-27-48(39)57/h1-12,14-15,17-33H,13,16H2. The summed E-state index contributed by atoms with van der Waals surface area (Å²) in [5, 5.41) is 9.93. The Bertz CT molecular complexity index is 3640. The molecule has 5 nitrogen and oxygen atoms in total. The molecule has 5 heterocycles. The van der Waals surface area contributed by atoms with Crippen molar-refractivity contribution in [1.29, 1.82) is 0 Å². The van der Waals surface area contributed by atoms with Gasteiger partial charge in [0, 0.05) is 54.5 Å². The number of fused-ring (bicyclic) bond motifs is 12. The van der Waals surface area contributed by atoms with E-state index >= 15 is 0 Å². The molecule has 0 bridgehead atoms. The second-order valence-electron chi connectivity index (χ2n) is 15.5. The molecular weight excluding hydrogens is 707 g/mol. The molecule has 0 amide bonds. The second kappa shape index (κ2) is 11.9. The number of benzene rings is 7. The number of hydrogen-bond acceptors (Lipinski definition) is 1. The van der Waals surface area contributed by atoms with Gasteiger partial charge in [-0.15, -0.1) is 0 Å². The number of nitrogens with zero attached hydrogens (tertiary/aromatic N) is 5. The summed E-state index contributed by atoms with van der Waals surface area (Å²) in [6.07, 6.45) is 6.74. The minimum absolute atomic E-state index is 0.893. The first-order valence-corrected chi connectivity index (χ1v) is 20.1. The Hall–Kier alpha value is -7.63. The van der Waals surface area contributed by atoms with E-state index in [0.29, 0.717) is 0 Å². The summed E-state index contributed by atoms with van der Waals surface area (Å²) in [4.78, 5) is 5.46. The van der Waals surface area contributed by atoms with Crippen molar-refractivity contribution in [2.24, 2.45) is 0 Å². The van der Waals surface area contributed by atoms with E-state index in [4.69, 9.17) is 4.98 Å². The summed E-state index contributed by atoms with van der Waals surface area (Å²) >= 11 is 0. The molecule has 5 aromatic heterocycles. The maximum Gasteiger partial charge on any atom is 0.140 e. The van der Waals surface area contributed by atoms with E-state index in [1.165, 1.54) is 76.6 Å². The summed E-state index contributed by atoms with van der Waals surface area (Å²) in [7, 11) is 0. The Kier molecular flexibility index (Phi) is 6.50. The molecule has 0 spiro atoms. The molecule has 1 aliphatic rings. The van der Waals surface area contributed by atoms with Gasteiger partial charge in [-0.1, -0.05) is 121 Å². The first-order chi connectivity index (χ1) is 28.8. The van der Waals surface area contributed by atoms with Gasteiger partial charge in [-0.05, 0) is 79.6 Å². The Morgan fingerprint density at radius 1 is 0.328 bits per heavy atom. The number of allylic oxidation sites excluding steroid dienone is 4. The zero-order chi connectivity index (χ0) is 37.9. The molecule has 272 valence electrons. The molecule has 7 aromatic carbocycles. The van der Waals surface area contributed by atoms with Crippen LogP contribution in [0.5, 0.6) is 0 Å². The van der Waals surface area contributed by atoms with Crippen molar-refractivity contribution in [3.63, 3.8) is 0 Å².